The molecule has 1 aliphatic carbocycles. The predicted octanol–water partition coefficient (Wildman–Crippen LogP) is -0.0591. The van der Waals surface area contributed by atoms with Crippen LogP contribution in [-0.2, 0) is 9.59 Å². The number of hydrogen-bond donors (Lipinski definition) is 7. The number of benzene rings is 1. The van der Waals surface area contributed by atoms with Crippen molar-refractivity contribution in [3.8, 4) is 11.4 Å². The van der Waals surface area contributed by atoms with E-state index in [0.29, 0.717) is 37.1 Å². The van der Waals surface area contributed by atoms with Crippen molar-refractivity contribution in [2.75, 3.05) is 36.8 Å². The summed E-state index contributed by atoms with van der Waals surface area (Å²) in [6, 6.07) is 9.53. The Balaban J connectivity index is 1.65. The van der Waals surface area contributed by atoms with Gasteiger partial charge in [-0.3, -0.25) is 9.59 Å². The lowest BCUT2D eigenvalue weighted by Crippen LogP contribution is -2.42. The van der Waals surface area contributed by atoms with Crippen molar-refractivity contribution < 1.29 is 24.9 Å². The highest BCUT2D eigenvalue weighted by atomic mass is 16.4. The lowest BCUT2D eigenvalue weighted by molar-refractivity contribution is -0.119. The third kappa shape index (κ3) is 7.22. The highest BCUT2D eigenvalue weighted by Crippen LogP contribution is 2.25. The van der Waals surface area contributed by atoms with Gasteiger partial charge < -0.3 is 36.6 Å². The number of nitrogens with zero attached hydrogens (tertiary/aromatic N) is 2. The van der Waals surface area contributed by atoms with Gasteiger partial charge in [0.05, 0.1) is 6.10 Å². The average molecular weight is 485 g/mol. The maximum Gasteiger partial charge on any atom is 0.247 e. The third-order valence-corrected chi connectivity index (χ3v) is 5.51. The quantitative estimate of drug-likeness (QED) is 0.228. The predicted molar refractivity (Wildman–Crippen MR) is 132 cm³/mol. The van der Waals surface area contributed by atoms with Crippen LogP contribution in [0.2, 0.25) is 0 Å². The van der Waals surface area contributed by atoms with Gasteiger partial charge >= 0.3 is 0 Å². The summed E-state index contributed by atoms with van der Waals surface area (Å²) in [5.74, 6) is 1.23. The number of carbonyl (C=O) groups excluding carboxylic acids is 2. The summed E-state index contributed by atoms with van der Waals surface area (Å²) in [4.78, 5) is 32.8. The van der Waals surface area contributed by atoms with Crippen molar-refractivity contribution in [2.24, 2.45) is 0 Å². The molecule has 35 heavy (non-hydrogen) atoms. The summed E-state index contributed by atoms with van der Waals surface area (Å²) in [5.41, 5.74) is 1.86. The fraction of sp³-hybridized carbons (Fsp3) is 0.417. The molecule has 1 aromatic carbocycles. The number of hydrogen-bond acceptors (Lipinski definition) is 9. The second kappa shape index (κ2) is 12.2. The highest BCUT2D eigenvalue weighted by Gasteiger charge is 2.31. The van der Waals surface area contributed by atoms with Crippen LogP contribution in [0.25, 0.3) is 11.4 Å². The molecule has 11 nitrogen and oxygen atoms in total. The molecule has 3 atom stereocenters. The first-order chi connectivity index (χ1) is 16.8. The first-order valence-electron chi connectivity index (χ1n) is 11.5. The van der Waals surface area contributed by atoms with Crippen LogP contribution in [0.15, 0.2) is 42.0 Å². The van der Waals surface area contributed by atoms with E-state index in [-0.39, 0.29) is 24.4 Å². The fourth-order valence-corrected chi connectivity index (χ4v) is 3.58. The minimum Gasteiger partial charge on any atom is -0.390 e. The average Bonchev–Trinajstić information content (AvgIpc) is 2.84. The summed E-state index contributed by atoms with van der Waals surface area (Å²) in [6.07, 6.45) is -2.54. The molecule has 11 heteroatoms. The molecular formula is C24H32N6O5. The van der Waals surface area contributed by atoms with Crippen molar-refractivity contribution in [1.29, 1.82) is 0 Å². The molecule has 1 aliphatic rings. The highest BCUT2D eigenvalue weighted by molar-refractivity contribution is 5.93. The smallest absolute Gasteiger partial charge is 0.247 e. The van der Waals surface area contributed by atoms with Gasteiger partial charge in [0.1, 0.15) is 23.8 Å². The second-order valence-corrected chi connectivity index (χ2v) is 8.27. The number of amides is 2. The summed E-state index contributed by atoms with van der Waals surface area (Å²) in [6.45, 7) is 4.90. The molecule has 0 spiro atoms. The Morgan fingerprint density at radius 2 is 1.54 bits per heavy atom. The zero-order valence-electron chi connectivity index (χ0n) is 19.8. The number of nitrogens with one attached hydrogen (secondary N) is 4. The molecule has 2 aromatic rings. The number of carbonyl (C=O) groups is 2. The molecule has 0 fully saturated rings. The van der Waals surface area contributed by atoms with Crippen molar-refractivity contribution in [3.05, 3.63) is 47.5 Å². The van der Waals surface area contributed by atoms with Gasteiger partial charge in [0.2, 0.25) is 11.8 Å². The SMILES string of the molecule is CC(=O)NCCNc1nc(-c2ccccc2)nc(NCCNC(=O)C2=C[C@H](O)[C@H](O)[C@@H](O)C2)c1C. The molecule has 0 saturated heterocycles. The zero-order valence-corrected chi connectivity index (χ0v) is 19.8. The van der Waals surface area contributed by atoms with Crippen LogP contribution in [0.4, 0.5) is 11.6 Å². The molecule has 2 amide bonds. The zero-order chi connectivity index (χ0) is 25.4. The number of aromatic nitrogens is 2. The monoisotopic (exact) mass is 484 g/mol. The number of aliphatic hydroxyl groups excluding tert-OH is 3. The van der Waals surface area contributed by atoms with Crippen molar-refractivity contribution >= 4 is 23.5 Å². The Hall–Kier alpha value is -3.54. The molecule has 0 unspecified atom stereocenters. The van der Waals surface area contributed by atoms with Crippen LogP contribution in [0, 0.1) is 6.92 Å². The van der Waals surface area contributed by atoms with Gasteiger partial charge in [-0.05, 0) is 13.0 Å². The minimum atomic E-state index is -1.30. The molecule has 0 saturated carbocycles. The lowest BCUT2D eigenvalue weighted by atomic mass is 9.92. The molecule has 3 rings (SSSR count). The van der Waals surface area contributed by atoms with Gasteiger partial charge in [-0.2, -0.15) is 0 Å². The van der Waals surface area contributed by atoms with E-state index in [4.69, 9.17) is 0 Å². The van der Waals surface area contributed by atoms with Crippen LogP contribution in [-0.4, -0.2) is 81.6 Å². The Morgan fingerprint density at radius 1 is 0.943 bits per heavy atom. The number of anilines is 2. The van der Waals surface area contributed by atoms with Crippen molar-refractivity contribution in [1.82, 2.24) is 20.6 Å². The molecule has 1 heterocycles. The summed E-state index contributed by atoms with van der Waals surface area (Å²) >= 11 is 0. The normalized spacial score (nSPS) is 19.5. The molecular weight excluding hydrogens is 452 g/mol. The first-order valence-corrected chi connectivity index (χ1v) is 11.5. The van der Waals surface area contributed by atoms with Crippen LogP contribution in [0.1, 0.15) is 18.9 Å². The van der Waals surface area contributed by atoms with E-state index >= 15 is 0 Å². The van der Waals surface area contributed by atoms with E-state index in [0.717, 1.165) is 11.1 Å². The Labute approximate surface area is 203 Å². The van der Waals surface area contributed by atoms with Gasteiger partial charge in [0.15, 0.2) is 5.82 Å². The minimum absolute atomic E-state index is 0.0313. The largest absolute Gasteiger partial charge is 0.390 e. The Morgan fingerprint density at radius 3 is 2.11 bits per heavy atom. The van der Waals surface area contributed by atoms with Gasteiger partial charge in [-0.25, -0.2) is 9.97 Å². The topological polar surface area (TPSA) is 169 Å². The molecule has 0 bridgehead atoms. The van der Waals surface area contributed by atoms with Gasteiger partial charge in [-0.15, -0.1) is 0 Å². The van der Waals surface area contributed by atoms with Gasteiger partial charge in [0.25, 0.3) is 0 Å². The van der Waals surface area contributed by atoms with E-state index in [1.807, 2.05) is 37.3 Å². The number of rotatable bonds is 10. The third-order valence-electron chi connectivity index (χ3n) is 5.51. The van der Waals surface area contributed by atoms with E-state index in [2.05, 4.69) is 31.2 Å². The van der Waals surface area contributed by atoms with E-state index in [1.54, 1.807) is 0 Å². The maximum absolute atomic E-state index is 12.4. The van der Waals surface area contributed by atoms with E-state index in [9.17, 15) is 24.9 Å². The van der Waals surface area contributed by atoms with Crippen LogP contribution in [0.5, 0.6) is 0 Å². The molecule has 1 aromatic heterocycles. The van der Waals surface area contributed by atoms with Gasteiger partial charge in [0, 0.05) is 56.2 Å². The fourth-order valence-electron chi connectivity index (χ4n) is 3.58. The molecule has 0 radical (unpaired) electrons. The van der Waals surface area contributed by atoms with Crippen molar-refractivity contribution in [2.45, 2.75) is 38.6 Å². The number of aliphatic hydroxyl groups is 3. The molecule has 7 N–H and O–H groups in total. The standard InChI is InChI=1S/C24H32N6O5/c1-14-21(26-9-8-25-15(2)31)29-23(16-6-4-3-5-7-16)30-22(14)27-10-11-28-24(35)17-12-18(32)20(34)19(33)13-17/h3-7,12,18-20,32-34H,8-11,13H2,1-2H3,(H,25,31)(H,28,35)(H2,26,27,29,30)/t18-,19-,20-/m0/s1. The maximum atomic E-state index is 12.4. The Kier molecular flexibility index (Phi) is 9.12. The first kappa shape index (κ1) is 26.1. The summed E-state index contributed by atoms with van der Waals surface area (Å²) < 4.78 is 0. The van der Waals surface area contributed by atoms with Crippen molar-refractivity contribution in [3.63, 3.8) is 0 Å². The van der Waals surface area contributed by atoms with E-state index < -0.39 is 24.2 Å². The van der Waals surface area contributed by atoms with E-state index in [1.165, 1.54) is 13.0 Å². The molecule has 0 aliphatic heterocycles. The van der Waals surface area contributed by atoms with Crippen LogP contribution < -0.4 is 21.3 Å². The second-order valence-electron chi connectivity index (χ2n) is 8.27. The summed E-state index contributed by atoms with van der Waals surface area (Å²) in [5, 5.41) is 41.1. The Bertz CT molecular complexity index is 1060. The molecule has 188 valence electrons. The van der Waals surface area contributed by atoms with Crippen LogP contribution >= 0.6 is 0 Å². The van der Waals surface area contributed by atoms with Gasteiger partial charge in [-0.1, -0.05) is 30.3 Å². The lowest BCUT2D eigenvalue weighted by Gasteiger charge is -2.27. The summed E-state index contributed by atoms with van der Waals surface area (Å²) in [7, 11) is 0. The van der Waals surface area contributed by atoms with Crippen LogP contribution in [0.3, 0.4) is 0 Å².